The van der Waals surface area contributed by atoms with Gasteiger partial charge in [-0.15, -0.1) is 0 Å². The Hall–Kier alpha value is -1.10. The molecule has 2 unspecified atom stereocenters. The molecule has 2 atom stereocenters. The van der Waals surface area contributed by atoms with Crippen molar-refractivity contribution in [1.82, 2.24) is 5.43 Å². The van der Waals surface area contributed by atoms with Crippen LogP contribution in [0.4, 0.5) is 0 Å². The second-order valence-corrected chi connectivity index (χ2v) is 5.50. The van der Waals surface area contributed by atoms with Crippen LogP contribution in [0, 0.1) is 6.92 Å². The van der Waals surface area contributed by atoms with E-state index in [0.717, 1.165) is 31.6 Å². The molecule has 4 heteroatoms. The van der Waals surface area contributed by atoms with E-state index in [9.17, 15) is 0 Å². The summed E-state index contributed by atoms with van der Waals surface area (Å²) in [5, 5.41) is 0. The lowest BCUT2D eigenvalue weighted by atomic mass is 9.88. The van der Waals surface area contributed by atoms with Crippen molar-refractivity contribution in [2.45, 2.75) is 44.8 Å². The van der Waals surface area contributed by atoms with E-state index in [4.69, 9.17) is 15.3 Å². The van der Waals surface area contributed by atoms with E-state index in [2.05, 4.69) is 31.4 Å². The van der Waals surface area contributed by atoms with E-state index in [1.54, 1.807) is 7.11 Å². The van der Waals surface area contributed by atoms with Gasteiger partial charge in [0.15, 0.2) is 0 Å². The average molecular weight is 264 g/mol. The molecule has 0 saturated carbocycles. The third kappa shape index (κ3) is 3.08. The van der Waals surface area contributed by atoms with Gasteiger partial charge in [0.05, 0.1) is 18.8 Å². The topological polar surface area (TPSA) is 56.5 Å². The Morgan fingerprint density at radius 2 is 2.32 bits per heavy atom. The van der Waals surface area contributed by atoms with Crippen molar-refractivity contribution in [3.8, 4) is 5.75 Å². The summed E-state index contributed by atoms with van der Waals surface area (Å²) in [6, 6.07) is 6.31. The highest BCUT2D eigenvalue weighted by Crippen LogP contribution is 2.32. The normalized spacial score (nSPS) is 24.4. The fourth-order valence-corrected chi connectivity index (χ4v) is 2.81. The molecule has 0 spiro atoms. The van der Waals surface area contributed by atoms with Crippen molar-refractivity contribution in [1.29, 1.82) is 0 Å². The first kappa shape index (κ1) is 14.3. The van der Waals surface area contributed by atoms with Gasteiger partial charge in [-0.2, -0.15) is 0 Å². The van der Waals surface area contributed by atoms with Gasteiger partial charge < -0.3 is 9.47 Å². The predicted molar refractivity (Wildman–Crippen MR) is 76.1 cm³/mol. The molecule has 1 saturated heterocycles. The van der Waals surface area contributed by atoms with E-state index >= 15 is 0 Å². The van der Waals surface area contributed by atoms with Crippen molar-refractivity contribution >= 4 is 0 Å². The van der Waals surface area contributed by atoms with Gasteiger partial charge >= 0.3 is 0 Å². The van der Waals surface area contributed by atoms with Crippen LogP contribution in [0.25, 0.3) is 0 Å². The summed E-state index contributed by atoms with van der Waals surface area (Å²) in [5.41, 5.74) is 5.13. The quantitative estimate of drug-likeness (QED) is 0.630. The van der Waals surface area contributed by atoms with Crippen molar-refractivity contribution < 1.29 is 9.47 Å². The van der Waals surface area contributed by atoms with Gasteiger partial charge in [0.1, 0.15) is 5.75 Å². The SMILES string of the molecule is COc1ccc(C)cc1CC(NN)C1(C)CCCO1. The molecule has 0 radical (unpaired) electrons. The van der Waals surface area contributed by atoms with E-state index < -0.39 is 0 Å². The van der Waals surface area contributed by atoms with Gasteiger partial charge in [0.2, 0.25) is 0 Å². The minimum atomic E-state index is -0.191. The second-order valence-electron chi connectivity index (χ2n) is 5.50. The van der Waals surface area contributed by atoms with Crippen LogP contribution in [-0.2, 0) is 11.2 Å². The summed E-state index contributed by atoms with van der Waals surface area (Å²) >= 11 is 0. The van der Waals surface area contributed by atoms with E-state index in [1.807, 2.05) is 6.07 Å². The van der Waals surface area contributed by atoms with Crippen molar-refractivity contribution in [3.05, 3.63) is 29.3 Å². The molecule has 2 rings (SSSR count). The smallest absolute Gasteiger partial charge is 0.122 e. The molecule has 1 aromatic rings. The van der Waals surface area contributed by atoms with Crippen molar-refractivity contribution in [3.63, 3.8) is 0 Å². The van der Waals surface area contributed by atoms with Gasteiger partial charge in [-0.25, -0.2) is 0 Å². The lowest BCUT2D eigenvalue weighted by molar-refractivity contribution is -0.0116. The van der Waals surface area contributed by atoms with Crippen LogP contribution in [-0.4, -0.2) is 25.4 Å². The molecule has 1 fully saturated rings. The molecular formula is C15H24N2O2. The Kier molecular flexibility index (Phi) is 4.45. The maximum absolute atomic E-state index is 5.89. The Morgan fingerprint density at radius 3 is 2.89 bits per heavy atom. The molecule has 1 aromatic carbocycles. The molecule has 4 nitrogen and oxygen atoms in total. The number of hydrazine groups is 1. The number of hydrogen-bond donors (Lipinski definition) is 2. The number of ether oxygens (including phenoxy) is 2. The van der Waals surface area contributed by atoms with Crippen LogP contribution in [0.15, 0.2) is 18.2 Å². The van der Waals surface area contributed by atoms with Gasteiger partial charge in [-0.1, -0.05) is 17.7 Å². The Bertz CT molecular complexity index is 428. The standard InChI is InChI=1S/C15H24N2O2/c1-11-5-6-13(18-3)12(9-11)10-14(17-16)15(2)7-4-8-19-15/h5-6,9,14,17H,4,7-8,10,16H2,1-3H3. The summed E-state index contributed by atoms with van der Waals surface area (Å²) in [5.74, 6) is 6.65. The number of aryl methyl sites for hydroxylation is 1. The molecule has 0 bridgehead atoms. The van der Waals surface area contributed by atoms with E-state index in [-0.39, 0.29) is 11.6 Å². The number of hydrogen-bond acceptors (Lipinski definition) is 4. The summed E-state index contributed by atoms with van der Waals surface area (Å²) in [7, 11) is 1.70. The van der Waals surface area contributed by atoms with Crippen molar-refractivity contribution in [2.24, 2.45) is 5.84 Å². The number of benzene rings is 1. The molecule has 0 aliphatic carbocycles. The molecule has 1 heterocycles. The zero-order chi connectivity index (χ0) is 13.9. The van der Waals surface area contributed by atoms with E-state index in [1.165, 1.54) is 11.1 Å². The Balaban J connectivity index is 2.20. The largest absolute Gasteiger partial charge is 0.496 e. The first-order valence-electron chi connectivity index (χ1n) is 6.82. The fourth-order valence-electron chi connectivity index (χ4n) is 2.81. The first-order valence-corrected chi connectivity index (χ1v) is 6.82. The summed E-state index contributed by atoms with van der Waals surface area (Å²) in [6.45, 7) is 5.04. The third-order valence-corrected chi connectivity index (χ3v) is 4.05. The third-order valence-electron chi connectivity index (χ3n) is 4.05. The highest BCUT2D eigenvalue weighted by atomic mass is 16.5. The first-order chi connectivity index (χ1) is 9.09. The summed E-state index contributed by atoms with van der Waals surface area (Å²) < 4.78 is 11.3. The maximum Gasteiger partial charge on any atom is 0.122 e. The second kappa shape index (κ2) is 5.90. The fraction of sp³-hybridized carbons (Fsp3) is 0.600. The summed E-state index contributed by atoms with van der Waals surface area (Å²) in [4.78, 5) is 0. The minimum Gasteiger partial charge on any atom is -0.496 e. The lowest BCUT2D eigenvalue weighted by Crippen LogP contribution is -2.52. The Morgan fingerprint density at radius 1 is 1.53 bits per heavy atom. The summed E-state index contributed by atoms with van der Waals surface area (Å²) in [6.07, 6.45) is 2.94. The van der Waals surface area contributed by atoms with Gasteiger partial charge in [0, 0.05) is 6.61 Å². The van der Waals surface area contributed by atoms with Crippen molar-refractivity contribution in [2.75, 3.05) is 13.7 Å². The van der Waals surface area contributed by atoms with Crippen LogP contribution in [0.5, 0.6) is 5.75 Å². The average Bonchev–Trinajstić information content (AvgIpc) is 2.84. The predicted octanol–water partition coefficient (Wildman–Crippen LogP) is 1.95. The van der Waals surface area contributed by atoms with E-state index in [0.29, 0.717) is 0 Å². The molecule has 1 aliphatic heterocycles. The van der Waals surface area contributed by atoms with Crippen LogP contribution < -0.4 is 16.0 Å². The number of rotatable bonds is 5. The highest BCUT2D eigenvalue weighted by molar-refractivity contribution is 5.37. The zero-order valence-electron chi connectivity index (χ0n) is 12.0. The van der Waals surface area contributed by atoms with Gasteiger partial charge in [0.25, 0.3) is 0 Å². The molecule has 3 N–H and O–H groups in total. The Labute approximate surface area is 115 Å². The lowest BCUT2D eigenvalue weighted by Gasteiger charge is -2.33. The van der Waals surface area contributed by atoms with Crippen LogP contribution >= 0.6 is 0 Å². The molecule has 106 valence electrons. The molecular weight excluding hydrogens is 240 g/mol. The van der Waals surface area contributed by atoms with Gasteiger partial charge in [-0.3, -0.25) is 11.3 Å². The molecule has 19 heavy (non-hydrogen) atoms. The van der Waals surface area contributed by atoms with Gasteiger partial charge in [-0.05, 0) is 44.7 Å². The highest BCUT2D eigenvalue weighted by Gasteiger charge is 2.38. The minimum absolute atomic E-state index is 0.0886. The van der Waals surface area contributed by atoms with Crippen LogP contribution in [0.1, 0.15) is 30.9 Å². The number of methoxy groups -OCH3 is 1. The molecule has 0 amide bonds. The maximum atomic E-state index is 5.89. The zero-order valence-corrected chi connectivity index (χ0v) is 12.0. The number of nitrogens with one attached hydrogen (secondary N) is 1. The van der Waals surface area contributed by atoms with Crippen LogP contribution in [0.2, 0.25) is 0 Å². The monoisotopic (exact) mass is 264 g/mol. The number of nitrogens with two attached hydrogens (primary N) is 1. The molecule has 1 aliphatic rings. The van der Waals surface area contributed by atoms with Crippen LogP contribution in [0.3, 0.4) is 0 Å². The molecule has 0 aromatic heterocycles.